The molecule has 0 radical (unpaired) electrons. The number of nitrogens with zero attached hydrogens (tertiary/aromatic N) is 1. The average Bonchev–Trinajstić information content (AvgIpc) is 3.03. The van der Waals surface area contributed by atoms with Crippen molar-refractivity contribution in [2.45, 2.75) is 32.4 Å². The van der Waals surface area contributed by atoms with Crippen LogP contribution in [0, 0.1) is 11.8 Å². The molecule has 1 amide bonds. The first-order valence-electron chi connectivity index (χ1n) is 8.93. The third-order valence-corrected chi connectivity index (χ3v) is 5.64. The number of hydrogen-bond acceptors (Lipinski definition) is 2. The Bertz CT molecular complexity index is 708. The molecule has 1 aliphatic carbocycles. The number of hydrogen-bond donors (Lipinski definition) is 1. The van der Waals surface area contributed by atoms with Crippen molar-refractivity contribution >= 4 is 5.91 Å². The van der Waals surface area contributed by atoms with Crippen LogP contribution in [0.5, 0.6) is 0 Å². The van der Waals surface area contributed by atoms with Crippen LogP contribution in [0.25, 0.3) is 11.1 Å². The summed E-state index contributed by atoms with van der Waals surface area (Å²) in [5, 5.41) is 0. The van der Waals surface area contributed by atoms with Crippen LogP contribution in [0.4, 0.5) is 0 Å². The Morgan fingerprint density at radius 3 is 2.12 bits per heavy atom. The predicted molar refractivity (Wildman–Crippen MR) is 96.0 cm³/mol. The first kappa shape index (κ1) is 15.4. The quantitative estimate of drug-likeness (QED) is 0.919. The molecule has 3 heteroatoms. The van der Waals surface area contributed by atoms with E-state index in [0.29, 0.717) is 25.6 Å². The van der Waals surface area contributed by atoms with Crippen molar-refractivity contribution in [1.29, 1.82) is 0 Å². The summed E-state index contributed by atoms with van der Waals surface area (Å²) in [6.45, 7) is 2.01. The molecule has 0 saturated heterocycles. The molecule has 0 aromatic heterocycles. The fraction of sp³-hybridized carbons (Fsp3) is 0.381. The largest absolute Gasteiger partial charge is 0.334 e. The summed E-state index contributed by atoms with van der Waals surface area (Å²) in [5.41, 5.74) is 10.9. The highest BCUT2D eigenvalue weighted by Gasteiger charge is 2.35. The molecule has 0 unspecified atom stereocenters. The Morgan fingerprint density at radius 1 is 0.958 bits per heavy atom. The van der Waals surface area contributed by atoms with Gasteiger partial charge in [0.25, 0.3) is 0 Å². The minimum absolute atomic E-state index is 0.104. The molecule has 0 spiro atoms. The van der Waals surface area contributed by atoms with Crippen LogP contribution in [-0.2, 0) is 17.9 Å². The maximum Gasteiger partial charge on any atom is 0.226 e. The zero-order valence-electron chi connectivity index (χ0n) is 13.9. The highest BCUT2D eigenvalue weighted by atomic mass is 16.2. The molecule has 2 N–H and O–H groups in total. The molecule has 1 aliphatic heterocycles. The third-order valence-electron chi connectivity index (χ3n) is 5.64. The molecule has 2 aromatic carbocycles. The summed E-state index contributed by atoms with van der Waals surface area (Å²) in [6.07, 6.45) is 3.20. The molecule has 0 bridgehead atoms. The Balaban J connectivity index is 1.71. The standard InChI is InChI=1S/C21H24N2O/c22-12-15-8-5-11-20(15)21(24)23-13-16-6-1-3-9-18(16)19-10-4-2-7-17(19)14-23/h1-4,6-7,9-10,15,20H,5,8,11-14,22H2/t15-,20-/m1/s1. The monoisotopic (exact) mass is 320 g/mol. The van der Waals surface area contributed by atoms with Crippen molar-refractivity contribution < 1.29 is 4.79 Å². The highest BCUT2D eigenvalue weighted by molar-refractivity contribution is 5.81. The third kappa shape index (κ3) is 2.63. The number of carbonyl (C=O) groups is 1. The smallest absolute Gasteiger partial charge is 0.226 e. The van der Waals surface area contributed by atoms with E-state index in [1.165, 1.54) is 22.3 Å². The lowest BCUT2D eigenvalue weighted by Crippen LogP contribution is -2.38. The molecule has 1 saturated carbocycles. The number of nitrogens with two attached hydrogens (primary N) is 1. The number of benzene rings is 2. The van der Waals surface area contributed by atoms with Crippen molar-refractivity contribution in [2.24, 2.45) is 17.6 Å². The van der Waals surface area contributed by atoms with Crippen LogP contribution < -0.4 is 5.73 Å². The summed E-state index contributed by atoms with van der Waals surface area (Å²) in [5.74, 6) is 0.744. The minimum atomic E-state index is 0.104. The maximum absolute atomic E-state index is 13.2. The Hall–Kier alpha value is -2.13. The van der Waals surface area contributed by atoms with Crippen LogP contribution >= 0.6 is 0 Å². The van der Waals surface area contributed by atoms with E-state index in [9.17, 15) is 4.79 Å². The second kappa shape index (κ2) is 6.40. The minimum Gasteiger partial charge on any atom is -0.334 e. The average molecular weight is 320 g/mol. The van der Waals surface area contributed by atoms with Gasteiger partial charge in [0.1, 0.15) is 0 Å². The summed E-state index contributed by atoms with van der Waals surface area (Å²) in [4.78, 5) is 15.3. The lowest BCUT2D eigenvalue weighted by atomic mass is 9.94. The van der Waals surface area contributed by atoms with Gasteiger partial charge in [0.2, 0.25) is 5.91 Å². The van der Waals surface area contributed by atoms with Crippen LogP contribution in [0.3, 0.4) is 0 Å². The topological polar surface area (TPSA) is 46.3 Å². The van der Waals surface area contributed by atoms with Crippen molar-refractivity contribution in [3.8, 4) is 11.1 Å². The highest BCUT2D eigenvalue weighted by Crippen LogP contribution is 2.36. The van der Waals surface area contributed by atoms with Crippen LogP contribution in [0.15, 0.2) is 48.5 Å². The van der Waals surface area contributed by atoms with Crippen molar-refractivity contribution in [3.05, 3.63) is 59.7 Å². The molecule has 2 aliphatic rings. The summed E-state index contributed by atoms with van der Waals surface area (Å²) < 4.78 is 0. The van der Waals surface area contributed by atoms with E-state index < -0.39 is 0 Å². The van der Waals surface area contributed by atoms with Gasteiger partial charge in [0.15, 0.2) is 0 Å². The molecule has 2 atom stereocenters. The van der Waals surface area contributed by atoms with E-state index >= 15 is 0 Å². The summed E-state index contributed by atoms with van der Waals surface area (Å²) in [6, 6.07) is 16.9. The van der Waals surface area contributed by atoms with Crippen LogP contribution in [-0.4, -0.2) is 17.4 Å². The van der Waals surface area contributed by atoms with E-state index in [-0.39, 0.29) is 11.8 Å². The van der Waals surface area contributed by atoms with Crippen LogP contribution in [0.2, 0.25) is 0 Å². The van der Waals surface area contributed by atoms with Gasteiger partial charge >= 0.3 is 0 Å². The Morgan fingerprint density at radius 2 is 1.54 bits per heavy atom. The summed E-state index contributed by atoms with van der Waals surface area (Å²) in [7, 11) is 0. The second-order valence-corrected chi connectivity index (χ2v) is 7.04. The second-order valence-electron chi connectivity index (χ2n) is 7.04. The normalized spacial score (nSPS) is 22.6. The van der Waals surface area contributed by atoms with E-state index in [2.05, 4.69) is 48.5 Å². The fourth-order valence-corrected chi connectivity index (χ4v) is 4.34. The zero-order valence-corrected chi connectivity index (χ0v) is 13.9. The molecule has 24 heavy (non-hydrogen) atoms. The van der Waals surface area contributed by atoms with Crippen molar-refractivity contribution in [1.82, 2.24) is 4.90 Å². The molecule has 1 heterocycles. The van der Waals surface area contributed by atoms with Crippen LogP contribution in [0.1, 0.15) is 30.4 Å². The van der Waals surface area contributed by atoms with E-state index in [0.717, 1.165) is 19.3 Å². The Labute approximate surface area is 143 Å². The molecule has 3 nitrogen and oxygen atoms in total. The van der Waals surface area contributed by atoms with Gasteiger partial charge in [-0.2, -0.15) is 0 Å². The van der Waals surface area contributed by atoms with Gasteiger partial charge in [0.05, 0.1) is 0 Å². The van der Waals surface area contributed by atoms with E-state index in [1.807, 2.05) is 4.90 Å². The zero-order chi connectivity index (χ0) is 16.5. The first-order chi connectivity index (χ1) is 11.8. The molecule has 2 aromatic rings. The summed E-state index contributed by atoms with van der Waals surface area (Å²) >= 11 is 0. The van der Waals surface area contributed by atoms with E-state index in [1.54, 1.807) is 0 Å². The molecule has 124 valence electrons. The van der Waals surface area contributed by atoms with Gasteiger partial charge in [-0.05, 0) is 47.6 Å². The van der Waals surface area contributed by atoms with Gasteiger partial charge in [-0.25, -0.2) is 0 Å². The number of carbonyl (C=O) groups excluding carboxylic acids is 1. The lowest BCUT2D eigenvalue weighted by Gasteiger charge is -2.27. The van der Waals surface area contributed by atoms with E-state index in [4.69, 9.17) is 5.73 Å². The first-order valence-corrected chi connectivity index (χ1v) is 8.93. The number of amides is 1. The Kier molecular flexibility index (Phi) is 4.11. The van der Waals surface area contributed by atoms with Gasteiger partial charge in [-0.1, -0.05) is 55.0 Å². The molecule has 4 rings (SSSR count). The SMILES string of the molecule is NC[C@H]1CCC[C@H]1C(=O)N1Cc2ccccc2-c2ccccc2C1. The van der Waals surface area contributed by atoms with Gasteiger partial charge < -0.3 is 10.6 Å². The van der Waals surface area contributed by atoms with Gasteiger partial charge in [0, 0.05) is 19.0 Å². The van der Waals surface area contributed by atoms with Crippen molar-refractivity contribution in [2.75, 3.05) is 6.54 Å². The van der Waals surface area contributed by atoms with Crippen molar-refractivity contribution in [3.63, 3.8) is 0 Å². The molecular formula is C21H24N2O. The maximum atomic E-state index is 13.2. The number of rotatable bonds is 2. The lowest BCUT2D eigenvalue weighted by molar-refractivity contribution is -0.137. The molecule has 1 fully saturated rings. The van der Waals surface area contributed by atoms with Gasteiger partial charge in [-0.3, -0.25) is 4.79 Å². The fourth-order valence-electron chi connectivity index (χ4n) is 4.34. The van der Waals surface area contributed by atoms with Gasteiger partial charge in [-0.15, -0.1) is 0 Å². The predicted octanol–water partition coefficient (Wildman–Crippen LogP) is 3.57. The number of fused-ring (bicyclic) bond motifs is 3. The molecular weight excluding hydrogens is 296 g/mol.